The van der Waals surface area contributed by atoms with E-state index in [9.17, 15) is 0 Å². The molecule has 0 aromatic rings. The minimum absolute atomic E-state index is 0.653. The van der Waals surface area contributed by atoms with Gasteiger partial charge in [-0.15, -0.1) is 0 Å². The topological polar surface area (TPSA) is 51.5 Å². The van der Waals surface area contributed by atoms with Gasteiger partial charge in [0.25, 0.3) is 0 Å². The Kier molecular flexibility index (Phi) is 19.5. The highest BCUT2D eigenvalue weighted by Gasteiger charge is 1.84. The number of rotatable bonds is 6. The predicted molar refractivity (Wildman–Crippen MR) is 45.9 cm³/mol. The molecular formula is C8H17NO3. The Morgan fingerprint density at radius 2 is 1.33 bits per heavy atom. The molecule has 0 fully saturated rings. The van der Waals surface area contributed by atoms with Crippen LogP contribution >= 0.6 is 0 Å². The highest BCUT2D eigenvalue weighted by atomic mass is 16.5. The fourth-order valence-corrected chi connectivity index (χ4v) is 0.387. The molecular weight excluding hydrogens is 158 g/mol. The van der Waals surface area contributed by atoms with Gasteiger partial charge in [0.1, 0.15) is 0 Å². The zero-order valence-electron chi connectivity index (χ0n) is 8.00. The van der Waals surface area contributed by atoms with E-state index in [0.717, 1.165) is 0 Å². The van der Waals surface area contributed by atoms with Crippen molar-refractivity contribution < 1.29 is 14.2 Å². The van der Waals surface area contributed by atoms with Gasteiger partial charge in [-0.2, -0.15) is 5.26 Å². The molecule has 0 bridgehead atoms. The molecule has 4 nitrogen and oxygen atoms in total. The van der Waals surface area contributed by atoms with Gasteiger partial charge in [0.15, 0.2) is 0 Å². The van der Waals surface area contributed by atoms with E-state index in [2.05, 4.69) is 0 Å². The molecule has 0 aromatic carbocycles. The number of methoxy groups -OCH3 is 2. The molecule has 0 unspecified atom stereocenters. The quantitative estimate of drug-likeness (QED) is 0.561. The van der Waals surface area contributed by atoms with Crippen LogP contribution in [0.2, 0.25) is 0 Å². The van der Waals surface area contributed by atoms with Crippen molar-refractivity contribution in [3.05, 3.63) is 0 Å². The zero-order valence-corrected chi connectivity index (χ0v) is 8.00. The van der Waals surface area contributed by atoms with Crippen molar-refractivity contribution in [3.63, 3.8) is 0 Å². The number of nitrogens with zero attached hydrogens (tertiary/aromatic N) is 1. The van der Waals surface area contributed by atoms with Crippen molar-refractivity contribution >= 4 is 0 Å². The lowest BCUT2D eigenvalue weighted by molar-refractivity contribution is 0.0385. The number of hydrogen-bond acceptors (Lipinski definition) is 4. The van der Waals surface area contributed by atoms with Crippen molar-refractivity contribution in [2.45, 2.75) is 6.92 Å². The van der Waals surface area contributed by atoms with Crippen LogP contribution < -0.4 is 0 Å². The molecule has 72 valence electrons. The first-order valence-corrected chi connectivity index (χ1v) is 3.69. The van der Waals surface area contributed by atoms with E-state index in [1.165, 1.54) is 6.92 Å². The molecule has 4 heteroatoms. The largest absolute Gasteiger partial charge is 0.382 e. The Labute approximate surface area is 74.0 Å². The summed E-state index contributed by atoms with van der Waals surface area (Å²) in [6.45, 7) is 4.05. The molecule has 0 aliphatic carbocycles. The molecule has 0 rings (SSSR count). The zero-order chi connectivity index (χ0) is 9.66. The van der Waals surface area contributed by atoms with E-state index in [0.29, 0.717) is 26.4 Å². The van der Waals surface area contributed by atoms with Gasteiger partial charge in [-0.1, -0.05) is 0 Å². The van der Waals surface area contributed by atoms with E-state index < -0.39 is 0 Å². The lowest BCUT2D eigenvalue weighted by Gasteiger charge is -2.00. The van der Waals surface area contributed by atoms with Crippen LogP contribution in [0.1, 0.15) is 6.92 Å². The van der Waals surface area contributed by atoms with Gasteiger partial charge in [-0.25, -0.2) is 0 Å². The molecule has 0 saturated carbocycles. The molecule has 0 heterocycles. The van der Waals surface area contributed by atoms with Crippen molar-refractivity contribution in [2.75, 3.05) is 40.6 Å². The molecule has 0 N–H and O–H groups in total. The van der Waals surface area contributed by atoms with Crippen LogP contribution in [0, 0.1) is 11.3 Å². The second-order valence-electron chi connectivity index (χ2n) is 1.82. The van der Waals surface area contributed by atoms with Crippen LogP contribution in [0.25, 0.3) is 0 Å². The number of hydrogen-bond donors (Lipinski definition) is 0. The fraction of sp³-hybridized carbons (Fsp3) is 0.875. The summed E-state index contributed by atoms with van der Waals surface area (Å²) in [5, 5.41) is 7.32. The first kappa shape index (κ1) is 13.9. The minimum Gasteiger partial charge on any atom is -0.382 e. The van der Waals surface area contributed by atoms with Crippen LogP contribution in [0.3, 0.4) is 0 Å². The third-order valence-electron chi connectivity index (χ3n) is 0.864. The van der Waals surface area contributed by atoms with Gasteiger partial charge >= 0.3 is 0 Å². The molecule has 0 aliphatic heterocycles. The Balaban J connectivity index is 0. The van der Waals surface area contributed by atoms with E-state index in [4.69, 9.17) is 19.5 Å². The van der Waals surface area contributed by atoms with Crippen molar-refractivity contribution in [1.82, 2.24) is 0 Å². The molecule has 0 radical (unpaired) electrons. The number of ether oxygens (including phenoxy) is 3. The minimum atomic E-state index is 0.653. The molecule has 0 spiro atoms. The summed E-state index contributed by atoms with van der Waals surface area (Å²) < 4.78 is 14.6. The van der Waals surface area contributed by atoms with Crippen LogP contribution in [0.5, 0.6) is 0 Å². The SMILES string of the molecule is CC#N.COCCOCCOC. The standard InChI is InChI=1S/C6H14O3.C2H3N/c1-7-3-5-9-6-4-8-2;1-2-3/h3-6H2,1-2H3;1H3. The summed E-state index contributed by atoms with van der Waals surface area (Å²) in [7, 11) is 3.30. The smallest absolute Gasteiger partial charge is 0.0701 e. The summed E-state index contributed by atoms with van der Waals surface area (Å²) in [4.78, 5) is 0. The van der Waals surface area contributed by atoms with E-state index in [1.54, 1.807) is 20.3 Å². The summed E-state index contributed by atoms with van der Waals surface area (Å²) >= 11 is 0. The van der Waals surface area contributed by atoms with Crippen molar-refractivity contribution in [3.8, 4) is 6.07 Å². The van der Waals surface area contributed by atoms with Gasteiger partial charge in [-0.3, -0.25) is 0 Å². The fourth-order valence-electron chi connectivity index (χ4n) is 0.387. The molecule has 0 aromatic heterocycles. The molecule has 0 atom stereocenters. The van der Waals surface area contributed by atoms with Crippen molar-refractivity contribution in [1.29, 1.82) is 5.26 Å². The maximum atomic E-state index is 7.32. The van der Waals surface area contributed by atoms with E-state index >= 15 is 0 Å². The average Bonchev–Trinajstić information content (AvgIpc) is 2.06. The van der Waals surface area contributed by atoms with E-state index in [-0.39, 0.29) is 0 Å². The molecule has 12 heavy (non-hydrogen) atoms. The van der Waals surface area contributed by atoms with E-state index in [1.807, 2.05) is 0 Å². The highest BCUT2D eigenvalue weighted by Crippen LogP contribution is 1.75. The summed E-state index contributed by atoms with van der Waals surface area (Å²) in [6.07, 6.45) is 0. The Morgan fingerprint density at radius 1 is 1.00 bits per heavy atom. The van der Waals surface area contributed by atoms with Gasteiger partial charge in [0, 0.05) is 21.1 Å². The summed E-state index contributed by atoms with van der Waals surface area (Å²) in [5.74, 6) is 0. The lowest BCUT2D eigenvalue weighted by Crippen LogP contribution is -2.06. The van der Waals surface area contributed by atoms with Gasteiger partial charge in [0.05, 0.1) is 32.5 Å². The van der Waals surface area contributed by atoms with Crippen LogP contribution in [-0.2, 0) is 14.2 Å². The Hall–Kier alpha value is -0.630. The summed E-state index contributed by atoms with van der Waals surface area (Å²) in [6, 6.07) is 1.75. The Morgan fingerprint density at radius 3 is 1.58 bits per heavy atom. The highest BCUT2D eigenvalue weighted by molar-refractivity contribution is 4.51. The van der Waals surface area contributed by atoms with Crippen LogP contribution in [0.15, 0.2) is 0 Å². The third kappa shape index (κ3) is 22.8. The van der Waals surface area contributed by atoms with Crippen LogP contribution in [0.4, 0.5) is 0 Å². The monoisotopic (exact) mass is 175 g/mol. The lowest BCUT2D eigenvalue weighted by atomic mass is 10.7. The molecule has 0 saturated heterocycles. The van der Waals surface area contributed by atoms with Gasteiger partial charge in [-0.05, 0) is 0 Å². The molecule has 0 aliphatic rings. The van der Waals surface area contributed by atoms with Gasteiger partial charge < -0.3 is 14.2 Å². The molecule has 0 amide bonds. The second-order valence-corrected chi connectivity index (χ2v) is 1.82. The Bertz CT molecular complexity index is 95.0. The average molecular weight is 175 g/mol. The first-order chi connectivity index (χ1) is 5.83. The van der Waals surface area contributed by atoms with Gasteiger partial charge in [0.2, 0.25) is 0 Å². The number of nitriles is 1. The third-order valence-corrected chi connectivity index (χ3v) is 0.864. The second kappa shape index (κ2) is 16.8. The summed E-state index contributed by atoms with van der Waals surface area (Å²) in [5.41, 5.74) is 0. The normalized spacial score (nSPS) is 8.17. The maximum absolute atomic E-state index is 7.32. The van der Waals surface area contributed by atoms with Crippen molar-refractivity contribution in [2.24, 2.45) is 0 Å². The first-order valence-electron chi connectivity index (χ1n) is 3.69. The van der Waals surface area contributed by atoms with Crippen LogP contribution in [-0.4, -0.2) is 40.6 Å². The maximum Gasteiger partial charge on any atom is 0.0701 e. The predicted octanol–water partition coefficient (Wildman–Crippen LogP) is 0.826.